The fourth-order valence-corrected chi connectivity index (χ4v) is 4.10. The molecule has 0 aliphatic carbocycles. The molecule has 0 fully saturated rings. The van der Waals surface area contributed by atoms with Crippen LogP contribution in [0.25, 0.3) is 0 Å². The number of hydrogen-bond acceptors (Lipinski definition) is 5. The summed E-state index contributed by atoms with van der Waals surface area (Å²) in [6.07, 6.45) is 0.280. The van der Waals surface area contributed by atoms with Crippen molar-refractivity contribution in [2.45, 2.75) is 18.9 Å². The van der Waals surface area contributed by atoms with Crippen LogP contribution in [0.5, 0.6) is 0 Å². The number of aliphatic imine (C=N–C) groups is 1. The van der Waals surface area contributed by atoms with Crippen molar-refractivity contribution in [2.24, 2.45) is 10.9 Å². The number of rotatable bonds is 3. The van der Waals surface area contributed by atoms with Crippen LogP contribution in [0.1, 0.15) is 18.2 Å². The zero-order chi connectivity index (χ0) is 16.5. The minimum atomic E-state index is -0.874. The summed E-state index contributed by atoms with van der Waals surface area (Å²) in [5, 5.41) is 13.6. The summed E-state index contributed by atoms with van der Waals surface area (Å²) in [4.78, 5) is 30.4. The molecule has 0 aromatic carbocycles. The van der Waals surface area contributed by atoms with Gasteiger partial charge in [-0.15, -0.1) is 11.3 Å². The third-order valence-electron chi connectivity index (χ3n) is 3.68. The van der Waals surface area contributed by atoms with Gasteiger partial charge in [-0.3, -0.25) is 14.5 Å². The highest BCUT2D eigenvalue weighted by molar-refractivity contribution is 9.10. The molecule has 0 spiro atoms. The Kier molecular flexibility index (Phi) is 5.08. The molecule has 2 heterocycles. The van der Waals surface area contributed by atoms with Crippen LogP contribution in [0.3, 0.4) is 0 Å². The van der Waals surface area contributed by atoms with Crippen molar-refractivity contribution in [3.8, 4) is 0 Å². The van der Waals surface area contributed by atoms with E-state index < -0.39 is 17.3 Å². The third-order valence-corrected chi connectivity index (χ3v) is 5.60. The second-order valence-corrected chi connectivity index (χ2v) is 6.99. The van der Waals surface area contributed by atoms with E-state index >= 15 is 0 Å². The molecule has 116 valence electrons. The monoisotopic (exact) mass is 383 g/mol. The van der Waals surface area contributed by atoms with Crippen LogP contribution in [0.4, 0.5) is 4.79 Å². The van der Waals surface area contributed by atoms with Crippen molar-refractivity contribution in [3.05, 3.63) is 20.8 Å². The van der Waals surface area contributed by atoms with Crippen LogP contribution in [0, 0.1) is 5.92 Å². The summed E-state index contributed by atoms with van der Waals surface area (Å²) in [6.45, 7) is 1.69. The maximum absolute atomic E-state index is 12.6. The molecule has 1 aromatic rings. The molecule has 2 atom stereocenters. The zero-order valence-electron chi connectivity index (χ0n) is 12.2. The van der Waals surface area contributed by atoms with Crippen molar-refractivity contribution in [1.82, 2.24) is 10.2 Å². The average Bonchev–Trinajstić information content (AvgIpc) is 2.87. The number of hydrogen-bond donors (Lipinski definition) is 2. The smallest absolute Gasteiger partial charge is 0.235 e. The molecule has 6 nitrogen and oxygen atoms in total. The minimum Gasteiger partial charge on any atom is -0.396 e. The number of carbonyl (C=O) groups excluding carboxylic acids is 2. The molecular formula is C13H15BBrN3O3S. The Bertz CT molecular complexity index is 636. The number of aliphatic hydroxyl groups excluding tert-OH is 1. The lowest BCUT2D eigenvalue weighted by Crippen LogP contribution is -2.56. The molecule has 9 heteroatoms. The lowest BCUT2D eigenvalue weighted by atomic mass is 9.80. The third kappa shape index (κ3) is 3.11. The Morgan fingerprint density at radius 2 is 2.36 bits per heavy atom. The molecule has 0 bridgehead atoms. The average molecular weight is 384 g/mol. The van der Waals surface area contributed by atoms with Gasteiger partial charge in [0, 0.05) is 28.4 Å². The first kappa shape index (κ1) is 17.2. The number of thiophene rings is 1. The maximum atomic E-state index is 12.6. The van der Waals surface area contributed by atoms with E-state index in [-0.39, 0.29) is 24.9 Å². The van der Waals surface area contributed by atoms with E-state index in [1.54, 1.807) is 0 Å². The maximum Gasteiger partial charge on any atom is 0.235 e. The molecule has 0 unspecified atom stereocenters. The predicted octanol–water partition coefficient (Wildman–Crippen LogP) is 1.43. The first-order chi connectivity index (χ1) is 10.3. The Morgan fingerprint density at radius 1 is 1.68 bits per heavy atom. The molecule has 2 amide bonds. The van der Waals surface area contributed by atoms with Gasteiger partial charge in [0.2, 0.25) is 19.7 Å². The second-order valence-electron chi connectivity index (χ2n) is 5.16. The van der Waals surface area contributed by atoms with Crippen LogP contribution in [0.15, 0.2) is 20.9 Å². The number of guanidine groups is 1. The Labute approximate surface area is 142 Å². The number of aliphatic hydroxyl groups is 1. The topological polar surface area (TPSA) is 82.0 Å². The number of carbonyl (C=O) groups is 2. The van der Waals surface area contributed by atoms with Gasteiger partial charge in [-0.2, -0.15) is 0 Å². The molecule has 1 aromatic heterocycles. The number of nitrogens with zero attached hydrogens (tertiary/aromatic N) is 2. The number of halogens is 1. The van der Waals surface area contributed by atoms with Gasteiger partial charge in [0.15, 0.2) is 5.81 Å². The first-order valence-electron chi connectivity index (χ1n) is 6.59. The largest absolute Gasteiger partial charge is 0.396 e. The molecule has 1 aliphatic heterocycles. The SMILES string of the molecule is [B]C(=O)NC1=N[C@](C)(c2cc(Br)cs2)[C@@H](CCO)C(=O)N1C. The van der Waals surface area contributed by atoms with Crippen molar-refractivity contribution in [3.63, 3.8) is 0 Å². The number of amides is 2. The number of nitrogens with one attached hydrogen (secondary N) is 1. The summed E-state index contributed by atoms with van der Waals surface area (Å²) >= 11 is 4.85. The van der Waals surface area contributed by atoms with Gasteiger partial charge >= 0.3 is 0 Å². The van der Waals surface area contributed by atoms with E-state index in [1.165, 1.54) is 23.3 Å². The van der Waals surface area contributed by atoms with Crippen molar-refractivity contribution < 1.29 is 14.7 Å². The Hall–Kier alpha value is -1.19. The van der Waals surface area contributed by atoms with Gasteiger partial charge in [-0.05, 0) is 35.3 Å². The summed E-state index contributed by atoms with van der Waals surface area (Å²) in [7, 11) is 6.66. The fraction of sp³-hybridized carbons (Fsp3) is 0.462. The second kappa shape index (κ2) is 6.51. The van der Waals surface area contributed by atoms with Gasteiger partial charge < -0.3 is 10.4 Å². The van der Waals surface area contributed by atoms with Crippen LogP contribution in [0.2, 0.25) is 0 Å². The highest BCUT2D eigenvalue weighted by Crippen LogP contribution is 2.43. The molecule has 0 saturated carbocycles. The fourth-order valence-electron chi connectivity index (χ4n) is 2.51. The van der Waals surface area contributed by atoms with Gasteiger partial charge in [-0.25, -0.2) is 4.99 Å². The lowest BCUT2D eigenvalue weighted by Gasteiger charge is -2.40. The van der Waals surface area contributed by atoms with Crippen molar-refractivity contribution in [1.29, 1.82) is 0 Å². The standard InChI is InChI=1S/C13H15BBrN3O3S/c1-13(9-5-7(15)6-22-9)8(3-4-19)10(20)18(2)12(17-13)16-11(14)21/h5-6,8,19H,3-4H2,1-2H3,(H,16,17,21)/t8-,13-/m0/s1. The Balaban J connectivity index is 2.55. The van der Waals surface area contributed by atoms with Crippen molar-refractivity contribution in [2.75, 3.05) is 13.7 Å². The highest BCUT2D eigenvalue weighted by atomic mass is 79.9. The van der Waals surface area contributed by atoms with Crippen molar-refractivity contribution >= 4 is 52.8 Å². The summed E-state index contributed by atoms with van der Waals surface area (Å²) in [6, 6.07) is 1.89. The molecule has 2 rings (SSSR count). The van der Waals surface area contributed by atoms with Crippen LogP contribution < -0.4 is 5.32 Å². The molecule has 2 N–H and O–H groups in total. The molecule has 1 aliphatic rings. The summed E-state index contributed by atoms with van der Waals surface area (Å²) < 4.78 is 0.891. The van der Waals surface area contributed by atoms with Gasteiger partial charge in [-0.1, -0.05) is 0 Å². The summed E-state index contributed by atoms with van der Waals surface area (Å²) in [5.74, 6) is -1.42. The van der Waals surface area contributed by atoms with Crippen LogP contribution in [-0.2, 0) is 10.3 Å². The van der Waals surface area contributed by atoms with E-state index in [4.69, 9.17) is 7.85 Å². The summed E-state index contributed by atoms with van der Waals surface area (Å²) in [5.41, 5.74) is -0.874. The molecule has 22 heavy (non-hydrogen) atoms. The van der Waals surface area contributed by atoms with E-state index in [0.717, 1.165) is 9.35 Å². The Morgan fingerprint density at radius 3 is 2.86 bits per heavy atom. The van der Waals surface area contributed by atoms with Crippen LogP contribution >= 0.6 is 27.3 Å². The van der Waals surface area contributed by atoms with E-state index in [9.17, 15) is 14.7 Å². The van der Waals surface area contributed by atoms with Gasteiger partial charge in [0.1, 0.15) is 5.54 Å². The van der Waals surface area contributed by atoms with E-state index in [2.05, 4.69) is 26.2 Å². The van der Waals surface area contributed by atoms with E-state index in [1.807, 2.05) is 18.4 Å². The van der Waals surface area contributed by atoms with Crippen LogP contribution in [-0.4, -0.2) is 49.2 Å². The highest BCUT2D eigenvalue weighted by Gasteiger charge is 2.47. The zero-order valence-corrected chi connectivity index (χ0v) is 14.6. The molecule has 2 radical (unpaired) electrons. The first-order valence-corrected chi connectivity index (χ1v) is 8.26. The minimum absolute atomic E-state index is 0.110. The molecular weight excluding hydrogens is 369 g/mol. The molecule has 0 saturated heterocycles. The quantitative estimate of drug-likeness (QED) is 0.774. The van der Waals surface area contributed by atoms with Gasteiger partial charge in [0.25, 0.3) is 0 Å². The lowest BCUT2D eigenvalue weighted by molar-refractivity contribution is -0.134. The normalized spacial score (nSPS) is 25.1. The van der Waals surface area contributed by atoms with E-state index in [0.29, 0.717) is 0 Å². The van der Waals surface area contributed by atoms with Gasteiger partial charge in [0.05, 0.1) is 5.92 Å². The predicted molar refractivity (Wildman–Crippen MR) is 89.1 cm³/mol.